The van der Waals surface area contributed by atoms with E-state index in [1.54, 1.807) is 0 Å². The van der Waals surface area contributed by atoms with Crippen molar-refractivity contribution in [2.24, 2.45) is 4.99 Å². The zero-order valence-corrected chi connectivity index (χ0v) is 19.0. The van der Waals surface area contributed by atoms with Gasteiger partial charge in [-0.3, -0.25) is 19.8 Å². The number of hydrogen-bond acceptors (Lipinski definition) is 6. The van der Waals surface area contributed by atoms with E-state index in [1.807, 2.05) is 23.9 Å². The van der Waals surface area contributed by atoms with Crippen LogP contribution in [0.25, 0.3) is 0 Å². The number of guanidine groups is 1. The zero-order chi connectivity index (χ0) is 19.0. The minimum Gasteiger partial charge on any atom is -0.349 e. The van der Waals surface area contributed by atoms with E-state index in [0.717, 1.165) is 45.3 Å². The van der Waals surface area contributed by atoms with Gasteiger partial charge in [-0.2, -0.15) is 0 Å². The molecule has 0 saturated carbocycles. The van der Waals surface area contributed by atoms with Crippen LogP contribution in [0.1, 0.15) is 38.5 Å². The van der Waals surface area contributed by atoms with Gasteiger partial charge >= 0.3 is 0 Å². The molecule has 0 aromatic heterocycles. The molecule has 4 heterocycles. The van der Waals surface area contributed by atoms with Gasteiger partial charge in [0.15, 0.2) is 0 Å². The monoisotopic (exact) mass is 448 g/mol. The van der Waals surface area contributed by atoms with Gasteiger partial charge in [0.05, 0.1) is 6.04 Å². The Morgan fingerprint density at radius 3 is 2.34 bits per heavy atom. The Hall–Kier alpha value is -1.09. The second-order valence-corrected chi connectivity index (χ2v) is 8.52. The summed E-state index contributed by atoms with van der Waals surface area (Å²) in [4.78, 5) is 36.7. The minimum atomic E-state index is -0.680. The lowest BCUT2D eigenvalue weighted by molar-refractivity contribution is -0.140. The average molecular weight is 449 g/mol. The molecule has 10 heteroatoms. The summed E-state index contributed by atoms with van der Waals surface area (Å²) in [6, 6.07) is 0.562. The Balaban J connectivity index is 0.00000150. The predicted octanol–water partition coefficient (Wildman–Crippen LogP) is 0.455. The van der Waals surface area contributed by atoms with Crippen molar-refractivity contribution in [2.45, 2.75) is 56.1 Å². The van der Waals surface area contributed by atoms with Crippen molar-refractivity contribution < 1.29 is 9.59 Å². The third kappa shape index (κ3) is 4.65. The van der Waals surface area contributed by atoms with E-state index in [2.05, 4.69) is 20.5 Å². The highest BCUT2D eigenvalue weighted by molar-refractivity contribution is 6.07. The molecular formula is C19H34Cl2N6O2. The number of carbonyl (C=O) groups is 2. The summed E-state index contributed by atoms with van der Waals surface area (Å²) in [5, 5.41) is 6.30. The lowest BCUT2D eigenvalue weighted by atomic mass is 9.87. The summed E-state index contributed by atoms with van der Waals surface area (Å²) in [6.45, 7) is 4.38. The first-order valence-electron chi connectivity index (χ1n) is 10.3. The molecule has 0 radical (unpaired) electrons. The van der Waals surface area contributed by atoms with Crippen LogP contribution in [0.2, 0.25) is 0 Å². The first-order valence-corrected chi connectivity index (χ1v) is 10.3. The molecule has 4 aliphatic rings. The van der Waals surface area contributed by atoms with Crippen LogP contribution in [0.5, 0.6) is 0 Å². The number of likely N-dealkylation sites (tertiary alicyclic amines) is 2. The maximum atomic E-state index is 13.2. The molecule has 8 nitrogen and oxygen atoms in total. The number of amides is 2. The van der Waals surface area contributed by atoms with E-state index in [0.29, 0.717) is 37.9 Å². The van der Waals surface area contributed by atoms with Crippen molar-refractivity contribution in [1.29, 1.82) is 0 Å². The van der Waals surface area contributed by atoms with Gasteiger partial charge in [-0.25, -0.2) is 4.99 Å². The van der Waals surface area contributed by atoms with Crippen LogP contribution in [0.3, 0.4) is 0 Å². The molecule has 2 amide bonds. The van der Waals surface area contributed by atoms with E-state index in [-0.39, 0.29) is 42.7 Å². The van der Waals surface area contributed by atoms with Crippen LogP contribution in [0.15, 0.2) is 4.99 Å². The number of hydrogen-bond donors (Lipinski definition) is 2. The highest BCUT2D eigenvalue weighted by Crippen LogP contribution is 2.32. The second kappa shape index (κ2) is 9.81. The van der Waals surface area contributed by atoms with Crippen LogP contribution >= 0.6 is 24.8 Å². The van der Waals surface area contributed by atoms with Crippen LogP contribution in [-0.2, 0) is 9.59 Å². The molecule has 0 bridgehead atoms. The second-order valence-electron chi connectivity index (χ2n) is 8.52. The largest absolute Gasteiger partial charge is 0.349 e. The fourth-order valence-corrected chi connectivity index (χ4v) is 4.99. The third-order valence-electron chi connectivity index (χ3n) is 6.65. The summed E-state index contributed by atoms with van der Waals surface area (Å²) in [6.07, 6.45) is 5.57. The van der Waals surface area contributed by atoms with Gasteiger partial charge in [0.2, 0.25) is 11.9 Å². The maximum Gasteiger partial charge on any atom is 0.254 e. The molecule has 0 aliphatic carbocycles. The number of halogens is 2. The van der Waals surface area contributed by atoms with E-state index < -0.39 is 5.54 Å². The Morgan fingerprint density at radius 2 is 1.76 bits per heavy atom. The number of piperidine rings is 2. The Morgan fingerprint density at radius 1 is 1.10 bits per heavy atom. The number of carbonyl (C=O) groups excluding carboxylic acids is 2. The number of nitrogens with one attached hydrogen (secondary N) is 2. The summed E-state index contributed by atoms with van der Waals surface area (Å²) in [7, 11) is 3.76. The maximum absolute atomic E-state index is 13.2. The van der Waals surface area contributed by atoms with Crippen LogP contribution in [0.4, 0.5) is 0 Å². The van der Waals surface area contributed by atoms with Crippen molar-refractivity contribution in [3.8, 4) is 0 Å². The molecule has 4 rings (SSSR count). The average Bonchev–Trinajstić information content (AvgIpc) is 3.29. The Labute approximate surface area is 185 Å². The van der Waals surface area contributed by atoms with E-state index in [9.17, 15) is 9.59 Å². The molecule has 4 aliphatic heterocycles. The van der Waals surface area contributed by atoms with Gasteiger partial charge in [0.25, 0.3) is 5.91 Å². The summed E-state index contributed by atoms with van der Waals surface area (Å²) < 4.78 is 0. The summed E-state index contributed by atoms with van der Waals surface area (Å²) in [5.74, 6) is 0.874. The summed E-state index contributed by atoms with van der Waals surface area (Å²) in [5.41, 5.74) is -0.680. The van der Waals surface area contributed by atoms with E-state index >= 15 is 0 Å². The van der Waals surface area contributed by atoms with Gasteiger partial charge in [-0.05, 0) is 58.2 Å². The molecule has 3 fully saturated rings. The SMILES string of the molecule is CN(C)C1=NC2(CCN(C(=O)[C@@H]3CCCN3C3CCNCC3)CC2)C(=O)N1.Cl.Cl. The Kier molecular flexibility index (Phi) is 8.18. The van der Waals surface area contributed by atoms with Crippen molar-refractivity contribution in [2.75, 3.05) is 46.8 Å². The number of rotatable bonds is 2. The first kappa shape index (κ1) is 24.2. The quantitative estimate of drug-likeness (QED) is 0.640. The van der Waals surface area contributed by atoms with Gasteiger partial charge in [-0.1, -0.05) is 0 Å². The van der Waals surface area contributed by atoms with Gasteiger partial charge in [0.1, 0.15) is 5.54 Å². The third-order valence-corrected chi connectivity index (χ3v) is 6.65. The number of aliphatic imine (C=N–C) groups is 1. The van der Waals surface area contributed by atoms with Gasteiger partial charge in [-0.15, -0.1) is 24.8 Å². The predicted molar refractivity (Wildman–Crippen MR) is 118 cm³/mol. The Bertz CT molecular complexity index is 630. The van der Waals surface area contributed by atoms with E-state index in [1.165, 1.54) is 0 Å². The van der Waals surface area contributed by atoms with E-state index in [4.69, 9.17) is 0 Å². The number of nitrogens with zero attached hydrogens (tertiary/aromatic N) is 4. The fraction of sp³-hybridized carbons (Fsp3) is 0.842. The lowest BCUT2D eigenvalue weighted by Gasteiger charge is -2.40. The molecular weight excluding hydrogens is 415 g/mol. The standard InChI is InChI=1S/C19H32N6O2.2ClH/c1-23(2)18-21-17(27)19(22-18)7-12-24(13-8-19)16(26)15-4-3-11-25(15)14-5-9-20-10-6-14;;/h14-15,20H,3-13H2,1-2H3,(H,21,22,27);2*1H/t15-;;/m0../s1. The lowest BCUT2D eigenvalue weighted by Crippen LogP contribution is -2.56. The van der Waals surface area contributed by atoms with Crippen LogP contribution < -0.4 is 10.6 Å². The van der Waals surface area contributed by atoms with Crippen LogP contribution in [-0.4, -0.2) is 96.9 Å². The molecule has 0 unspecified atom stereocenters. The van der Waals surface area contributed by atoms with Crippen LogP contribution in [0, 0.1) is 0 Å². The van der Waals surface area contributed by atoms with Gasteiger partial charge in [0, 0.05) is 33.2 Å². The molecule has 2 N–H and O–H groups in total. The summed E-state index contributed by atoms with van der Waals surface area (Å²) >= 11 is 0. The normalized spacial score (nSPS) is 27.1. The molecule has 3 saturated heterocycles. The zero-order valence-electron chi connectivity index (χ0n) is 17.4. The molecule has 0 aromatic rings. The highest BCUT2D eigenvalue weighted by atomic mass is 35.5. The molecule has 1 atom stereocenters. The molecule has 0 aromatic carbocycles. The van der Waals surface area contributed by atoms with Crippen molar-refractivity contribution >= 4 is 42.6 Å². The smallest absolute Gasteiger partial charge is 0.254 e. The van der Waals surface area contributed by atoms with Crippen molar-refractivity contribution in [1.82, 2.24) is 25.3 Å². The molecule has 1 spiro atoms. The van der Waals surface area contributed by atoms with Crippen molar-refractivity contribution in [3.63, 3.8) is 0 Å². The first-order chi connectivity index (χ1) is 13.0. The van der Waals surface area contributed by atoms with Crippen molar-refractivity contribution in [3.05, 3.63) is 0 Å². The van der Waals surface area contributed by atoms with Gasteiger partial charge < -0.3 is 15.1 Å². The topological polar surface area (TPSA) is 80.3 Å². The molecule has 166 valence electrons. The minimum absolute atomic E-state index is 0. The molecule has 29 heavy (non-hydrogen) atoms. The highest BCUT2D eigenvalue weighted by Gasteiger charge is 2.48. The fourth-order valence-electron chi connectivity index (χ4n) is 4.99.